The SMILES string of the molecule is CC1(n2nnnc2-c2cccc(N)c2Br)CCCC1. The van der Waals surface area contributed by atoms with E-state index in [9.17, 15) is 0 Å². The van der Waals surface area contributed by atoms with Gasteiger partial charge in [-0.05, 0) is 58.3 Å². The van der Waals surface area contributed by atoms with Crippen LogP contribution in [0.2, 0.25) is 0 Å². The summed E-state index contributed by atoms with van der Waals surface area (Å²) in [4.78, 5) is 0. The fourth-order valence-corrected chi connectivity index (χ4v) is 3.23. The van der Waals surface area contributed by atoms with Crippen molar-refractivity contribution in [2.75, 3.05) is 5.73 Å². The molecular formula is C13H16BrN5. The van der Waals surface area contributed by atoms with Gasteiger partial charge in [0.15, 0.2) is 5.82 Å². The molecule has 5 nitrogen and oxygen atoms in total. The number of hydrogen-bond acceptors (Lipinski definition) is 4. The minimum Gasteiger partial charge on any atom is -0.398 e. The Morgan fingerprint density at radius 1 is 1.32 bits per heavy atom. The number of nitrogens with zero attached hydrogens (tertiary/aromatic N) is 4. The second kappa shape index (κ2) is 4.59. The molecule has 2 N–H and O–H groups in total. The molecule has 0 amide bonds. The van der Waals surface area contributed by atoms with Gasteiger partial charge < -0.3 is 5.73 Å². The number of hydrogen-bond donors (Lipinski definition) is 1. The third-order valence-electron chi connectivity index (χ3n) is 3.93. The van der Waals surface area contributed by atoms with Crippen molar-refractivity contribution >= 4 is 21.6 Å². The second-order valence-corrected chi connectivity index (χ2v) is 6.12. The van der Waals surface area contributed by atoms with Gasteiger partial charge in [0.2, 0.25) is 0 Å². The number of tetrazole rings is 1. The number of benzene rings is 1. The number of aromatic nitrogens is 4. The highest BCUT2D eigenvalue weighted by Gasteiger charge is 2.34. The number of nitrogens with two attached hydrogens (primary N) is 1. The van der Waals surface area contributed by atoms with E-state index in [0.717, 1.165) is 28.7 Å². The van der Waals surface area contributed by atoms with Gasteiger partial charge in [-0.2, -0.15) is 0 Å². The molecular weight excluding hydrogens is 306 g/mol. The maximum absolute atomic E-state index is 5.94. The Kier molecular flexibility index (Phi) is 3.05. The molecule has 0 saturated heterocycles. The number of nitrogen functional groups attached to an aromatic ring is 1. The van der Waals surface area contributed by atoms with Crippen LogP contribution in [0.15, 0.2) is 22.7 Å². The van der Waals surface area contributed by atoms with Gasteiger partial charge in [-0.1, -0.05) is 18.9 Å². The predicted molar refractivity (Wildman–Crippen MR) is 77.5 cm³/mol. The zero-order chi connectivity index (χ0) is 13.5. The van der Waals surface area contributed by atoms with E-state index < -0.39 is 0 Å². The Morgan fingerprint density at radius 3 is 2.79 bits per heavy atom. The van der Waals surface area contributed by atoms with Gasteiger partial charge in [-0.25, -0.2) is 4.68 Å². The van der Waals surface area contributed by atoms with Crippen molar-refractivity contribution in [3.05, 3.63) is 22.7 Å². The molecule has 0 atom stereocenters. The van der Waals surface area contributed by atoms with Gasteiger partial charge in [0.1, 0.15) is 0 Å². The molecule has 1 saturated carbocycles. The van der Waals surface area contributed by atoms with Crippen LogP contribution >= 0.6 is 15.9 Å². The highest BCUT2D eigenvalue weighted by atomic mass is 79.9. The third-order valence-corrected chi connectivity index (χ3v) is 4.82. The standard InChI is InChI=1S/C13H16BrN5/c1-13(7-2-3-8-13)19-12(16-17-18-19)9-5-4-6-10(15)11(9)14/h4-6H,2-3,7-8,15H2,1H3. The van der Waals surface area contributed by atoms with Crippen LogP contribution in [0.5, 0.6) is 0 Å². The van der Waals surface area contributed by atoms with Crippen LogP contribution in [0.3, 0.4) is 0 Å². The second-order valence-electron chi connectivity index (χ2n) is 5.33. The summed E-state index contributed by atoms with van der Waals surface area (Å²) < 4.78 is 2.81. The number of anilines is 1. The van der Waals surface area contributed by atoms with Gasteiger partial charge in [0.25, 0.3) is 0 Å². The first-order chi connectivity index (χ1) is 9.12. The fourth-order valence-electron chi connectivity index (χ4n) is 2.79. The smallest absolute Gasteiger partial charge is 0.183 e. The Balaban J connectivity index is 2.12. The lowest BCUT2D eigenvalue weighted by molar-refractivity contribution is 0.292. The van der Waals surface area contributed by atoms with E-state index >= 15 is 0 Å². The van der Waals surface area contributed by atoms with E-state index in [1.807, 2.05) is 22.9 Å². The summed E-state index contributed by atoms with van der Waals surface area (Å²) in [5.41, 5.74) is 7.60. The molecule has 0 radical (unpaired) electrons. The lowest BCUT2D eigenvalue weighted by Gasteiger charge is -2.24. The van der Waals surface area contributed by atoms with Crippen molar-refractivity contribution in [2.24, 2.45) is 0 Å². The zero-order valence-corrected chi connectivity index (χ0v) is 12.4. The van der Waals surface area contributed by atoms with Crippen LogP contribution in [0.4, 0.5) is 5.69 Å². The summed E-state index contributed by atoms with van der Waals surface area (Å²) >= 11 is 3.53. The molecule has 0 bridgehead atoms. The maximum atomic E-state index is 5.94. The summed E-state index contributed by atoms with van der Waals surface area (Å²) in [6.45, 7) is 2.22. The minimum atomic E-state index is 0.0167. The van der Waals surface area contributed by atoms with Crippen LogP contribution in [-0.2, 0) is 5.54 Å². The average Bonchev–Trinajstić information content (AvgIpc) is 3.02. The van der Waals surface area contributed by atoms with E-state index in [2.05, 4.69) is 38.4 Å². The Bertz CT molecular complexity index is 601. The monoisotopic (exact) mass is 321 g/mol. The molecule has 0 unspecified atom stereocenters. The summed E-state index contributed by atoms with van der Waals surface area (Å²) in [6.07, 6.45) is 4.69. The van der Waals surface area contributed by atoms with E-state index in [4.69, 9.17) is 5.73 Å². The molecule has 2 aromatic rings. The maximum Gasteiger partial charge on any atom is 0.183 e. The first-order valence-electron chi connectivity index (χ1n) is 6.45. The van der Waals surface area contributed by atoms with Gasteiger partial charge in [-0.3, -0.25) is 0 Å². The highest BCUT2D eigenvalue weighted by Crippen LogP contribution is 2.39. The van der Waals surface area contributed by atoms with E-state index in [1.54, 1.807) is 0 Å². The van der Waals surface area contributed by atoms with Gasteiger partial charge >= 0.3 is 0 Å². The zero-order valence-electron chi connectivity index (χ0n) is 10.8. The molecule has 6 heteroatoms. The van der Waals surface area contributed by atoms with Crippen LogP contribution in [-0.4, -0.2) is 20.2 Å². The Morgan fingerprint density at radius 2 is 2.05 bits per heavy atom. The van der Waals surface area contributed by atoms with Crippen molar-refractivity contribution in [2.45, 2.75) is 38.1 Å². The minimum absolute atomic E-state index is 0.0167. The van der Waals surface area contributed by atoms with Crippen molar-refractivity contribution in [1.29, 1.82) is 0 Å². The fraction of sp³-hybridized carbons (Fsp3) is 0.462. The van der Waals surface area contributed by atoms with E-state index in [0.29, 0.717) is 5.69 Å². The number of halogens is 1. The van der Waals surface area contributed by atoms with Crippen molar-refractivity contribution in [3.63, 3.8) is 0 Å². The molecule has 1 aromatic heterocycles. The molecule has 3 rings (SSSR count). The molecule has 1 aliphatic rings. The summed E-state index contributed by atoms with van der Waals surface area (Å²) in [7, 11) is 0. The van der Waals surface area contributed by atoms with Gasteiger partial charge in [0.05, 0.1) is 10.0 Å². The highest BCUT2D eigenvalue weighted by molar-refractivity contribution is 9.10. The van der Waals surface area contributed by atoms with Crippen LogP contribution in [0.25, 0.3) is 11.4 Å². The third kappa shape index (κ3) is 2.04. The van der Waals surface area contributed by atoms with Crippen LogP contribution < -0.4 is 5.73 Å². The first kappa shape index (κ1) is 12.6. The topological polar surface area (TPSA) is 69.6 Å². The summed E-state index contributed by atoms with van der Waals surface area (Å²) in [6, 6.07) is 5.77. The van der Waals surface area contributed by atoms with Crippen LogP contribution in [0.1, 0.15) is 32.6 Å². The molecule has 1 heterocycles. The molecule has 1 aromatic carbocycles. The summed E-state index contributed by atoms with van der Waals surface area (Å²) in [5, 5.41) is 12.3. The van der Waals surface area contributed by atoms with Crippen molar-refractivity contribution in [1.82, 2.24) is 20.2 Å². The molecule has 100 valence electrons. The average molecular weight is 322 g/mol. The molecule has 0 aliphatic heterocycles. The largest absolute Gasteiger partial charge is 0.398 e. The molecule has 19 heavy (non-hydrogen) atoms. The van der Waals surface area contributed by atoms with Crippen LogP contribution in [0, 0.1) is 0 Å². The quantitative estimate of drug-likeness (QED) is 0.863. The van der Waals surface area contributed by atoms with E-state index in [1.165, 1.54) is 12.8 Å². The van der Waals surface area contributed by atoms with Gasteiger partial charge in [-0.15, -0.1) is 5.10 Å². The molecule has 0 spiro atoms. The normalized spacial score (nSPS) is 17.8. The lowest BCUT2D eigenvalue weighted by atomic mass is 10.0. The Hall–Kier alpha value is -1.43. The van der Waals surface area contributed by atoms with Crippen molar-refractivity contribution < 1.29 is 0 Å². The van der Waals surface area contributed by atoms with Gasteiger partial charge in [0, 0.05) is 11.3 Å². The van der Waals surface area contributed by atoms with Crippen molar-refractivity contribution in [3.8, 4) is 11.4 Å². The summed E-state index contributed by atoms with van der Waals surface area (Å²) in [5.74, 6) is 0.781. The molecule has 1 aliphatic carbocycles. The lowest BCUT2D eigenvalue weighted by Crippen LogP contribution is -2.28. The Labute approximate surface area is 120 Å². The van der Waals surface area contributed by atoms with E-state index in [-0.39, 0.29) is 5.54 Å². The first-order valence-corrected chi connectivity index (χ1v) is 7.24. The predicted octanol–water partition coefficient (Wildman–Crippen LogP) is 2.97. The molecule has 1 fully saturated rings. The number of rotatable bonds is 2.